The average Bonchev–Trinajstić information content (AvgIpc) is 2.75. The van der Waals surface area contributed by atoms with Crippen LogP contribution in [0.2, 0.25) is 0 Å². The van der Waals surface area contributed by atoms with E-state index in [9.17, 15) is 9.59 Å². The molecule has 0 radical (unpaired) electrons. The molecule has 0 saturated carbocycles. The third-order valence-electron chi connectivity index (χ3n) is 5.64. The Kier molecular flexibility index (Phi) is 6.65. The molecular weight excluding hydrogens is 380 g/mol. The average molecular weight is 411 g/mol. The van der Waals surface area contributed by atoms with Crippen molar-refractivity contribution in [2.24, 2.45) is 5.92 Å². The van der Waals surface area contributed by atoms with E-state index in [1.807, 2.05) is 56.0 Å². The SMILES string of the molecule is COc1cc2c(cc1OC)CN(C(=O)C(NC(=O)c1ccccc1C)C(C)C)CC2. The van der Waals surface area contributed by atoms with Gasteiger partial charge in [-0.3, -0.25) is 9.59 Å². The molecule has 2 aromatic carbocycles. The summed E-state index contributed by atoms with van der Waals surface area (Å²) in [5.74, 6) is 1.04. The van der Waals surface area contributed by atoms with E-state index in [1.54, 1.807) is 20.3 Å². The van der Waals surface area contributed by atoms with Crippen molar-refractivity contribution in [2.75, 3.05) is 20.8 Å². The lowest BCUT2D eigenvalue weighted by Crippen LogP contribution is -2.52. The van der Waals surface area contributed by atoms with Crippen molar-refractivity contribution in [1.82, 2.24) is 10.2 Å². The standard InChI is InChI=1S/C24H30N2O4/c1-15(2)22(25-23(27)19-9-7-6-8-16(19)3)24(28)26-11-10-17-12-20(29-4)21(30-5)13-18(17)14-26/h6-9,12-13,15,22H,10-11,14H2,1-5H3,(H,25,27). The molecule has 1 unspecified atom stereocenters. The number of carbonyl (C=O) groups excluding carboxylic acids is 2. The van der Waals surface area contributed by atoms with E-state index >= 15 is 0 Å². The van der Waals surface area contributed by atoms with Gasteiger partial charge in [0, 0.05) is 18.7 Å². The van der Waals surface area contributed by atoms with Crippen molar-refractivity contribution in [1.29, 1.82) is 0 Å². The van der Waals surface area contributed by atoms with Gasteiger partial charge in [-0.15, -0.1) is 0 Å². The van der Waals surface area contributed by atoms with Crippen LogP contribution in [0.5, 0.6) is 11.5 Å². The highest BCUT2D eigenvalue weighted by Crippen LogP contribution is 2.33. The van der Waals surface area contributed by atoms with Crippen LogP contribution in [0, 0.1) is 12.8 Å². The fourth-order valence-corrected chi connectivity index (χ4v) is 3.83. The molecule has 0 aromatic heterocycles. The van der Waals surface area contributed by atoms with Gasteiger partial charge >= 0.3 is 0 Å². The Balaban J connectivity index is 1.78. The first-order valence-electron chi connectivity index (χ1n) is 10.2. The Hall–Kier alpha value is -3.02. The molecule has 0 aliphatic carbocycles. The second-order valence-corrected chi connectivity index (χ2v) is 8.00. The number of hydrogen-bond donors (Lipinski definition) is 1. The summed E-state index contributed by atoms with van der Waals surface area (Å²) in [6.07, 6.45) is 0.734. The smallest absolute Gasteiger partial charge is 0.252 e. The topological polar surface area (TPSA) is 67.9 Å². The van der Waals surface area contributed by atoms with Crippen molar-refractivity contribution < 1.29 is 19.1 Å². The van der Waals surface area contributed by atoms with Gasteiger partial charge in [-0.05, 0) is 54.2 Å². The molecule has 1 aliphatic rings. The first kappa shape index (κ1) is 21.7. The van der Waals surface area contributed by atoms with Gasteiger partial charge in [0.05, 0.1) is 14.2 Å². The molecule has 3 rings (SSSR count). The summed E-state index contributed by atoms with van der Waals surface area (Å²) >= 11 is 0. The maximum absolute atomic E-state index is 13.3. The molecule has 2 aromatic rings. The van der Waals surface area contributed by atoms with Crippen LogP contribution >= 0.6 is 0 Å². The van der Waals surface area contributed by atoms with Crippen molar-refractivity contribution in [3.63, 3.8) is 0 Å². The lowest BCUT2D eigenvalue weighted by Gasteiger charge is -2.34. The van der Waals surface area contributed by atoms with Gasteiger partial charge in [-0.2, -0.15) is 0 Å². The summed E-state index contributed by atoms with van der Waals surface area (Å²) < 4.78 is 10.8. The van der Waals surface area contributed by atoms with Crippen LogP contribution in [0.3, 0.4) is 0 Å². The van der Waals surface area contributed by atoms with E-state index in [4.69, 9.17) is 9.47 Å². The molecule has 1 N–H and O–H groups in total. The number of ether oxygens (including phenoxy) is 2. The Morgan fingerprint density at radius 3 is 2.27 bits per heavy atom. The summed E-state index contributed by atoms with van der Waals surface area (Å²) in [4.78, 5) is 28.0. The molecule has 0 saturated heterocycles. The molecule has 30 heavy (non-hydrogen) atoms. The molecule has 0 bridgehead atoms. The number of benzene rings is 2. The molecule has 6 nitrogen and oxygen atoms in total. The molecule has 0 spiro atoms. The number of nitrogens with zero attached hydrogens (tertiary/aromatic N) is 1. The number of hydrogen-bond acceptors (Lipinski definition) is 4. The van der Waals surface area contributed by atoms with E-state index in [1.165, 1.54) is 0 Å². The predicted octanol–water partition coefficient (Wildman–Crippen LogP) is 3.35. The van der Waals surface area contributed by atoms with Crippen LogP contribution in [0.25, 0.3) is 0 Å². The number of nitrogens with one attached hydrogen (secondary N) is 1. The van der Waals surface area contributed by atoms with Crippen molar-refractivity contribution >= 4 is 11.8 Å². The lowest BCUT2D eigenvalue weighted by atomic mass is 9.96. The molecular formula is C24H30N2O4. The van der Waals surface area contributed by atoms with Crippen LogP contribution in [0.4, 0.5) is 0 Å². The van der Waals surface area contributed by atoms with Crippen LogP contribution < -0.4 is 14.8 Å². The number of methoxy groups -OCH3 is 2. The highest BCUT2D eigenvalue weighted by molar-refractivity contribution is 5.98. The Bertz CT molecular complexity index is 939. The van der Waals surface area contributed by atoms with Crippen LogP contribution in [0.15, 0.2) is 36.4 Å². The zero-order valence-corrected chi connectivity index (χ0v) is 18.3. The highest BCUT2D eigenvalue weighted by atomic mass is 16.5. The first-order valence-corrected chi connectivity index (χ1v) is 10.2. The minimum Gasteiger partial charge on any atom is -0.493 e. The van der Waals surface area contributed by atoms with E-state index in [0.29, 0.717) is 30.2 Å². The van der Waals surface area contributed by atoms with Crippen LogP contribution in [0.1, 0.15) is 40.9 Å². The summed E-state index contributed by atoms with van der Waals surface area (Å²) in [5, 5.41) is 2.96. The lowest BCUT2D eigenvalue weighted by molar-refractivity contribution is -0.135. The largest absolute Gasteiger partial charge is 0.493 e. The summed E-state index contributed by atoms with van der Waals surface area (Å²) in [7, 11) is 3.22. The van der Waals surface area contributed by atoms with Crippen molar-refractivity contribution in [3.8, 4) is 11.5 Å². The maximum Gasteiger partial charge on any atom is 0.252 e. The van der Waals surface area contributed by atoms with Gasteiger partial charge in [0.1, 0.15) is 6.04 Å². The fraction of sp³-hybridized carbons (Fsp3) is 0.417. The van der Waals surface area contributed by atoms with Gasteiger partial charge in [0.15, 0.2) is 11.5 Å². The van der Waals surface area contributed by atoms with Gasteiger partial charge in [0.25, 0.3) is 5.91 Å². The maximum atomic E-state index is 13.3. The zero-order valence-electron chi connectivity index (χ0n) is 18.3. The molecule has 0 fully saturated rings. The minimum atomic E-state index is -0.584. The molecule has 6 heteroatoms. The predicted molar refractivity (Wildman–Crippen MR) is 116 cm³/mol. The first-order chi connectivity index (χ1) is 14.3. The molecule has 1 heterocycles. The normalized spacial score (nSPS) is 14.1. The quantitative estimate of drug-likeness (QED) is 0.793. The Labute approximate surface area is 178 Å². The molecule has 1 atom stereocenters. The number of carbonyl (C=O) groups is 2. The molecule has 2 amide bonds. The summed E-state index contributed by atoms with van der Waals surface area (Å²) in [6, 6.07) is 10.7. The van der Waals surface area contributed by atoms with Gasteiger partial charge in [-0.25, -0.2) is 0 Å². The number of rotatable bonds is 6. The van der Waals surface area contributed by atoms with Crippen molar-refractivity contribution in [2.45, 2.75) is 39.8 Å². The Morgan fingerprint density at radius 1 is 1.03 bits per heavy atom. The third kappa shape index (κ3) is 4.42. The van der Waals surface area contributed by atoms with Gasteiger partial charge in [0.2, 0.25) is 5.91 Å². The third-order valence-corrected chi connectivity index (χ3v) is 5.64. The number of aryl methyl sites for hydroxylation is 1. The van der Waals surface area contributed by atoms with Crippen LogP contribution in [-0.2, 0) is 17.8 Å². The number of fused-ring (bicyclic) bond motifs is 1. The second-order valence-electron chi connectivity index (χ2n) is 8.00. The molecule has 1 aliphatic heterocycles. The van der Waals surface area contributed by atoms with E-state index in [0.717, 1.165) is 23.1 Å². The van der Waals surface area contributed by atoms with E-state index in [2.05, 4.69) is 5.32 Å². The van der Waals surface area contributed by atoms with E-state index in [-0.39, 0.29) is 17.7 Å². The fourth-order valence-electron chi connectivity index (χ4n) is 3.83. The van der Waals surface area contributed by atoms with E-state index < -0.39 is 6.04 Å². The minimum absolute atomic E-state index is 0.0303. The van der Waals surface area contributed by atoms with Crippen LogP contribution in [-0.4, -0.2) is 43.5 Å². The monoisotopic (exact) mass is 410 g/mol. The molecule has 160 valence electrons. The second kappa shape index (κ2) is 9.20. The number of amides is 2. The summed E-state index contributed by atoms with van der Waals surface area (Å²) in [6.45, 7) is 6.88. The van der Waals surface area contributed by atoms with Crippen molar-refractivity contribution in [3.05, 3.63) is 58.7 Å². The zero-order chi connectivity index (χ0) is 21.8. The summed E-state index contributed by atoms with van der Waals surface area (Å²) in [5.41, 5.74) is 3.68. The Morgan fingerprint density at radius 2 is 1.67 bits per heavy atom. The highest BCUT2D eigenvalue weighted by Gasteiger charge is 2.31. The van der Waals surface area contributed by atoms with Gasteiger partial charge < -0.3 is 19.7 Å². The van der Waals surface area contributed by atoms with Gasteiger partial charge in [-0.1, -0.05) is 32.0 Å².